The Bertz CT molecular complexity index is 1240. The van der Waals surface area contributed by atoms with E-state index in [1.165, 1.54) is 33.5 Å². The van der Waals surface area contributed by atoms with Crippen LogP contribution in [0.25, 0.3) is 16.8 Å². The molecule has 4 aromatic rings. The summed E-state index contributed by atoms with van der Waals surface area (Å²) in [5, 5.41) is 9.24. The minimum Gasteiger partial charge on any atom is -0.335 e. The van der Waals surface area contributed by atoms with Gasteiger partial charge >= 0.3 is 0 Å². The second-order valence-electron chi connectivity index (χ2n) is 10.9. The van der Waals surface area contributed by atoms with Crippen molar-refractivity contribution in [3.8, 4) is 16.8 Å². The largest absolute Gasteiger partial charge is 0.335 e. The molecule has 0 bridgehead atoms. The maximum atomic E-state index is 4.64. The van der Waals surface area contributed by atoms with E-state index in [1.807, 2.05) is 4.68 Å². The SMILES string of the molecule is CC[NH+](CC)CCc1nnn(-c2ccc(C)cc2)c1Cc1ccc(-c2ccc(C(C)(C)C)cc2)cc1. The van der Waals surface area contributed by atoms with E-state index < -0.39 is 0 Å². The van der Waals surface area contributed by atoms with Crippen LogP contribution in [-0.2, 0) is 18.3 Å². The van der Waals surface area contributed by atoms with E-state index in [4.69, 9.17) is 0 Å². The summed E-state index contributed by atoms with van der Waals surface area (Å²) in [4.78, 5) is 1.59. The summed E-state index contributed by atoms with van der Waals surface area (Å²) < 4.78 is 2.03. The number of benzene rings is 3. The third-order valence-corrected chi connectivity index (χ3v) is 7.25. The van der Waals surface area contributed by atoms with Gasteiger partial charge in [0, 0.05) is 12.8 Å². The van der Waals surface area contributed by atoms with E-state index in [9.17, 15) is 0 Å². The van der Waals surface area contributed by atoms with Crippen molar-refractivity contribution in [1.29, 1.82) is 0 Å². The van der Waals surface area contributed by atoms with E-state index in [-0.39, 0.29) is 5.41 Å². The third-order valence-electron chi connectivity index (χ3n) is 7.25. The Kier molecular flexibility index (Phi) is 8.05. The number of likely N-dealkylation sites (N-methyl/N-ethyl adjacent to an activating group) is 1. The van der Waals surface area contributed by atoms with E-state index >= 15 is 0 Å². The van der Waals surface area contributed by atoms with Crippen LogP contribution in [-0.4, -0.2) is 34.6 Å². The molecule has 0 unspecified atom stereocenters. The highest BCUT2D eigenvalue weighted by molar-refractivity contribution is 5.64. The summed E-state index contributed by atoms with van der Waals surface area (Å²) in [6.07, 6.45) is 1.75. The molecule has 0 saturated heterocycles. The van der Waals surface area contributed by atoms with E-state index in [1.54, 1.807) is 4.90 Å². The molecule has 0 amide bonds. The van der Waals surface area contributed by atoms with Crippen molar-refractivity contribution in [2.24, 2.45) is 0 Å². The van der Waals surface area contributed by atoms with Gasteiger partial charge in [-0.2, -0.15) is 0 Å². The molecule has 1 N–H and O–H groups in total. The van der Waals surface area contributed by atoms with Gasteiger partial charge in [0.2, 0.25) is 0 Å². The maximum Gasteiger partial charge on any atom is 0.0923 e. The second kappa shape index (κ2) is 11.2. The lowest BCUT2D eigenvalue weighted by atomic mass is 9.86. The molecule has 1 aromatic heterocycles. The van der Waals surface area contributed by atoms with Crippen molar-refractivity contribution in [2.75, 3.05) is 19.6 Å². The molecule has 0 spiro atoms. The number of aromatic nitrogens is 3. The second-order valence-corrected chi connectivity index (χ2v) is 10.9. The Morgan fingerprint density at radius 3 is 1.92 bits per heavy atom. The smallest absolute Gasteiger partial charge is 0.0923 e. The highest BCUT2D eigenvalue weighted by Crippen LogP contribution is 2.27. The first-order valence-electron chi connectivity index (χ1n) is 13.3. The van der Waals surface area contributed by atoms with Crippen LogP contribution in [0.15, 0.2) is 72.8 Å². The summed E-state index contributed by atoms with van der Waals surface area (Å²) in [5.41, 5.74) is 9.91. The quantitative estimate of drug-likeness (QED) is 0.338. The molecule has 188 valence electrons. The third kappa shape index (κ3) is 6.11. The van der Waals surface area contributed by atoms with Crippen LogP contribution in [0.2, 0.25) is 0 Å². The van der Waals surface area contributed by atoms with Crippen molar-refractivity contribution in [2.45, 2.75) is 59.8 Å². The molecule has 4 heteroatoms. The topological polar surface area (TPSA) is 35.2 Å². The van der Waals surface area contributed by atoms with Gasteiger partial charge in [-0.05, 0) is 60.6 Å². The number of hydrogen-bond donors (Lipinski definition) is 1. The molecule has 0 radical (unpaired) electrons. The highest BCUT2D eigenvalue weighted by Gasteiger charge is 2.17. The van der Waals surface area contributed by atoms with Crippen LogP contribution in [0.5, 0.6) is 0 Å². The van der Waals surface area contributed by atoms with E-state index in [0.717, 1.165) is 43.9 Å². The Morgan fingerprint density at radius 1 is 0.778 bits per heavy atom. The molecule has 0 atom stereocenters. The Hall–Kier alpha value is -3.24. The first-order chi connectivity index (χ1) is 17.3. The van der Waals surface area contributed by atoms with Gasteiger partial charge in [-0.1, -0.05) is 92.2 Å². The van der Waals surface area contributed by atoms with Crippen LogP contribution < -0.4 is 4.90 Å². The minimum absolute atomic E-state index is 0.168. The molecule has 4 nitrogen and oxygen atoms in total. The fraction of sp³-hybridized carbons (Fsp3) is 0.375. The summed E-state index contributed by atoms with van der Waals surface area (Å²) >= 11 is 0. The predicted octanol–water partition coefficient (Wildman–Crippen LogP) is 5.60. The number of nitrogens with zero attached hydrogens (tertiary/aromatic N) is 3. The number of hydrogen-bond acceptors (Lipinski definition) is 2. The van der Waals surface area contributed by atoms with E-state index in [0.29, 0.717) is 0 Å². The molecular weight excluding hydrogens is 440 g/mol. The van der Waals surface area contributed by atoms with Crippen molar-refractivity contribution in [3.63, 3.8) is 0 Å². The summed E-state index contributed by atoms with van der Waals surface area (Å²) in [5.74, 6) is 0. The van der Waals surface area contributed by atoms with Crippen LogP contribution in [0.3, 0.4) is 0 Å². The van der Waals surface area contributed by atoms with Gasteiger partial charge in [-0.3, -0.25) is 0 Å². The van der Waals surface area contributed by atoms with Gasteiger partial charge in [-0.15, -0.1) is 5.10 Å². The molecule has 0 aliphatic heterocycles. The molecule has 0 saturated carbocycles. The van der Waals surface area contributed by atoms with Crippen molar-refractivity contribution < 1.29 is 4.90 Å². The molecule has 36 heavy (non-hydrogen) atoms. The van der Waals surface area contributed by atoms with Crippen molar-refractivity contribution in [3.05, 3.63) is 101 Å². The van der Waals surface area contributed by atoms with Gasteiger partial charge in [0.15, 0.2) is 0 Å². The van der Waals surface area contributed by atoms with Gasteiger partial charge in [0.05, 0.1) is 36.7 Å². The Balaban J connectivity index is 1.59. The molecule has 1 heterocycles. The molecule has 4 rings (SSSR count). The maximum absolute atomic E-state index is 4.64. The average molecular weight is 482 g/mol. The molecular formula is C32H41N4+. The zero-order chi connectivity index (χ0) is 25.7. The van der Waals surface area contributed by atoms with Gasteiger partial charge in [-0.25, -0.2) is 4.68 Å². The highest BCUT2D eigenvalue weighted by atomic mass is 15.4. The normalized spacial score (nSPS) is 11.9. The Morgan fingerprint density at radius 2 is 1.36 bits per heavy atom. The van der Waals surface area contributed by atoms with Crippen LogP contribution in [0, 0.1) is 6.92 Å². The van der Waals surface area contributed by atoms with Crippen molar-refractivity contribution >= 4 is 0 Å². The lowest BCUT2D eigenvalue weighted by Crippen LogP contribution is -3.11. The summed E-state index contributed by atoms with van der Waals surface area (Å²) in [6, 6.07) is 26.5. The lowest BCUT2D eigenvalue weighted by molar-refractivity contribution is -0.896. The van der Waals surface area contributed by atoms with Crippen LogP contribution in [0.1, 0.15) is 62.7 Å². The average Bonchev–Trinajstić information content (AvgIpc) is 3.27. The molecule has 0 aliphatic rings. The van der Waals surface area contributed by atoms with E-state index in [2.05, 4.69) is 125 Å². The minimum atomic E-state index is 0.168. The fourth-order valence-electron chi connectivity index (χ4n) is 4.67. The Labute approximate surface area is 217 Å². The number of quaternary nitrogens is 1. The number of rotatable bonds is 9. The fourth-order valence-corrected chi connectivity index (χ4v) is 4.67. The van der Waals surface area contributed by atoms with Gasteiger partial charge < -0.3 is 4.90 Å². The summed E-state index contributed by atoms with van der Waals surface area (Å²) in [7, 11) is 0. The zero-order valence-corrected chi connectivity index (χ0v) is 22.8. The van der Waals surface area contributed by atoms with Crippen molar-refractivity contribution in [1.82, 2.24) is 15.0 Å². The first-order valence-corrected chi connectivity index (χ1v) is 13.3. The number of nitrogens with one attached hydrogen (secondary N) is 1. The van der Waals surface area contributed by atoms with Gasteiger partial charge in [0.1, 0.15) is 0 Å². The zero-order valence-electron chi connectivity index (χ0n) is 22.8. The van der Waals surface area contributed by atoms with Gasteiger partial charge in [0.25, 0.3) is 0 Å². The molecule has 3 aromatic carbocycles. The van der Waals surface area contributed by atoms with Crippen LogP contribution in [0.4, 0.5) is 0 Å². The monoisotopic (exact) mass is 481 g/mol. The lowest BCUT2D eigenvalue weighted by Gasteiger charge is -2.19. The predicted molar refractivity (Wildman–Crippen MR) is 150 cm³/mol. The standard InChI is InChI=1S/C32H40N4/c1-7-35(8-2)22-21-30-31(36(34-33-30)29-19-9-24(3)10-20-29)23-25-11-13-26(14-12-25)27-15-17-28(18-16-27)32(4,5)6/h9-20H,7-8,21-23H2,1-6H3/p+1. The first kappa shape index (κ1) is 25.8. The molecule has 0 fully saturated rings. The number of aryl methyl sites for hydroxylation is 1. The van der Waals surface area contributed by atoms with Crippen LogP contribution >= 0.6 is 0 Å². The summed E-state index contributed by atoms with van der Waals surface area (Å²) in [6.45, 7) is 16.7. The molecule has 0 aliphatic carbocycles.